The third kappa shape index (κ3) is 2.86. The monoisotopic (exact) mass is 275 g/mol. The minimum absolute atomic E-state index is 0.986. The van der Waals surface area contributed by atoms with Gasteiger partial charge in [-0.05, 0) is 41.5 Å². The van der Waals surface area contributed by atoms with Gasteiger partial charge in [0, 0.05) is 0 Å². The third-order valence-electron chi connectivity index (χ3n) is 3.25. The number of hydrogen-bond acceptors (Lipinski definition) is 4. The molecule has 3 N–H and O–H groups in total. The van der Waals surface area contributed by atoms with Crippen molar-refractivity contribution in [1.29, 1.82) is 0 Å². The Morgan fingerprint density at radius 3 is 0.895 bits per heavy atom. The highest BCUT2D eigenvalue weighted by molar-refractivity contribution is 5.86. The zero-order chi connectivity index (χ0) is 15.8. The zero-order valence-corrected chi connectivity index (χ0v) is 12.0. The third-order valence-corrected chi connectivity index (χ3v) is 3.25. The number of hydrogen-bond donors (Lipinski definition) is 3. The van der Waals surface area contributed by atoms with Crippen LogP contribution in [-0.4, -0.2) is 54.7 Å². The molecule has 0 fully saturated rings. The van der Waals surface area contributed by atoms with Crippen molar-refractivity contribution in [1.82, 2.24) is 4.90 Å². The first-order valence-corrected chi connectivity index (χ1v) is 5.70. The summed E-state index contributed by atoms with van der Waals surface area (Å²) in [6, 6.07) is 0. The lowest BCUT2D eigenvalue weighted by Crippen LogP contribution is -2.71. The summed E-state index contributed by atoms with van der Waals surface area (Å²) in [5.74, 6) is -3.89. The number of rotatable bonds is 6. The standard InChI is InChI=1S/C12H21NO6/c1-10(2,7(14)15)13(11(3,4)8(16)17)12(5,6)9(18)19/h1-6H3,(H,14,15)(H,16,17)(H,18,19). The van der Waals surface area contributed by atoms with Gasteiger partial charge in [-0.3, -0.25) is 19.3 Å². The van der Waals surface area contributed by atoms with E-state index in [4.69, 9.17) is 0 Å². The molecule has 0 rings (SSSR count). The van der Waals surface area contributed by atoms with Gasteiger partial charge in [0.05, 0.1) is 0 Å². The molecule has 19 heavy (non-hydrogen) atoms. The summed E-state index contributed by atoms with van der Waals surface area (Å²) < 4.78 is 0. The summed E-state index contributed by atoms with van der Waals surface area (Å²) in [6.07, 6.45) is 0. The van der Waals surface area contributed by atoms with Crippen LogP contribution >= 0.6 is 0 Å². The average Bonchev–Trinajstić information content (AvgIpc) is 2.14. The van der Waals surface area contributed by atoms with E-state index in [1.165, 1.54) is 41.5 Å². The second kappa shape index (κ2) is 4.80. The fourth-order valence-corrected chi connectivity index (χ4v) is 2.38. The van der Waals surface area contributed by atoms with Crippen LogP contribution in [0.1, 0.15) is 41.5 Å². The smallest absolute Gasteiger partial charge is 0.323 e. The van der Waals surface area contributed by atoms with Crippen molar-refractivity contribution in [3.63, 3.8) is 0 Å². The Hall–Kier alpha value is -1.63. The molecule has 0 aromatic heterocycles. The van der Waals surface area contributed by atoms with Crippen LogP contribution in [0.15, 0.2) is 0 Å². The summed E-state index contributed by atoms with van der Waals surface area (Å²) in [5, 5.41) is 27.8. The number of carboxylic acid groups (broad SMARTS) is 3. The molecule has 0 amide bonds. The van der Waals surface area contributed by atoms with Gasteiger partial charge in [-0.1, -0.05) is 0 Å². The van der Waals surface area contributed by atoms with E-state index in [0.717, 1.165) is 4.90 Å². The van der Waals surface area contributed by atoms with E-state index in [2.05, 4.69) is 0 Å². The van der Waals surface area contributed by atoms with E-state index in [-0.39, 0.29) is 0 Å². The highest BCUT2D eigenvalue weighted by Crippen LogP contribution is 2.34. The van der Waals surface area contributed by atoms with Crippen LogP contribution in [0.2, 0.25) is 0 Å². The van der Waals surface area contributed by atoms with Crippen LogP contribution in [0.5, 0.6) is 0 Å². The fourth-order valence-electron chi connectivity index (χ4n) is 2.38. The van der Waals surface area contributed by atoms with Crippen molar-refractivity contribution < 1.29 is 29.7 Å². The van der Waals surface area contributed by atoms with Crippen LogP contribution in [0, 0.1) is 0 Å². The van der Waals surface area contributed by atoms with E-state index >= 15 is 0 Å². The predicted molar refractivity (Wildman–Crippen MR) is 67.0 cm³/mol. The van der Waals surface area contributed by atoms with Gasteiger partial charge in [-0.15, -0.1) is 0 Å². The molecule has 7 heteroatoms. The number of nitrogens with zero attached hydrogens (tertiary/aromatic N) is 1. The Morgan fingerprint density at radius 1 is 0.632 bits per heavy atom. The normalized spacial score (nSPS) is 13.4. The Bertz CT molecular complexity index is 349. The molecular formula is C12H21NO6. The summed E-state index contributed by atoms with van der Waals surface area (Å²) in [7, 11) is 0. The topological polar surface area (TPSA) is 115 Å². The first-order valence-electron chi connectivity index (χ1n) is 5.70. The van der Waals surface area contributed by atoms with Crippen LogP contribution in [0.25, 0.3) is 0 Å². The van der Waals surface area contributed by atoms with Crippen LogP contribution in [0.3, 0.4) is 0 Å². The summed E-state index contributed by atoms with van der Waals surface area (Å²) >= 11 is 0. The minimum atomic E-state index is -1.66. The molecule has 0 saturated carbocycles. The van der Waals surface area contributed by atoms with Crippen molar-refractivity contribution >= 4 is 17.9 Å². The van der Waals surface area contributed by atoms with Crippen molar-refractivity contribution in [2.75, 3.05) is 0 Å². The van der Waals surface area contributed by atoms with E-state index in [9.17, 15) is 29.7 Å². The van der Waals surface area contributed by atoms with Gasteiger partial charge < -0.3 is 15.3 Å². The second-order valence-corrected chi connectivity index (χ2v) is 5.93. The molecule has 0 aromatic rings. The van der Waals surface area contributed by atoms with E-state index < -0.39 is 34.5 Å². The van der Waals surface area contributed by atoms with Crippen molar-refractivity contribution in [3.05, 3.63) is 0 Å². The summed E-state index contributed by atoms with van der Waals surface area (Å²) in [5.41, 5.74) is -4.99. The largest absolute Gasteiger partial charge is 0.480 e. The van der Waals surface area contributed by atoms with E-state index in [0.29, 0.717) is 0 Å². The zero-order valence-electron chi connectivity index (χ0n) is 12.0. The fraction of sp³-hybridized carbons (Fsp3) is 0.750. The molecule has 0 aliphatic heterocycles. The summed E-state index contributed by atoms with van der Waals surface area (Å²) in [6.45, 7) is 7.69. The molecule has 0 aromatic carbocycles. The molecule has 0 aliphatic carbocycles. The first kappa shape index (κ1) is 17.4. The van der Waals surface area contributed by atoms with Gasteiger partial charge in [-0.2, -0.15) is 0 Å². The van der Waals surface area contributed by atoms with Crippen LogP contribution in [0.4, 0.5) is 0 Å². The van der Waals surface area contributed by atoms with E-state index in [1.807, 2.05) is 0 Å². The lowest BCUT2D eigenvalue weighted by atomic mass is 9.85. The SMILES string of the molecule is CC(C)(C(=O)O)N(C(C)(C)C(=O)O)C(C)(C)C(=O)O. The van der Waals surface area contributed by atoms with Crippen molar-refractivity contribution in [3.8, 4) is 0 Å². The van der Waals surface area contributed by atoms with E-state index in [1.54, 1.807) is 0 Å². The molecule has 0 unspecified atom stereocenters. The molecule has 0 bridgehead atoms. The maximum absolute atomic E-state index is 11.4. The Kier molecular flexibility index (Phi) is 4.39. The maximum atomic E-state index is 11.4. The summed E-state index contributed by atoms with van der Waals surface area (Å²) in [4.78, 5) is 35.1. The number of carboxylic acids is 3. The molecule has 0 heterocycles. The molecule has 0 atom stereocenters. The number of carbonyl (C=O) groups is 3. The second-order valence-electron chi connectivity index (χ2n) is 5.93. The maximum Gasteiger partial charge on any atom is 0.323 e. The van der Waals surface area contributed by atoms with Gasteiger partial charge in [0.1, 0.15) is 16.6 Å². The molecule has 0 saturated heterocycles. The van der Waals surface area contributed by atoms with Gasteiger partial charge >= 0.3 is 17.9 Å². The Balaban J connectivity index is 6.16. The highest BCUT2D eigenvalue weighted by Gasteiger charge is 2.55. The molecule has 110 valence electrons. The lowest BCUT2D eigenvalue weighted by molar-refractivity contribution is -0.181. The molecule has 0 radical (unpaired) electrons. The lowest BCUT2D eigenvalue weighted by Gasteiger charge is -2.50. The highest BCUT2D eigenvalue weighted by atomic mass is 16.4. The molecular weight excluding hydrogens is 254 g/mol. The first-order chi connectivity index (χ1) is 8.20. The molecule has 7 nitrogen and oxygen atoms in total. The average molecular weight is 275 g/mol. The predicted octanol–water partition coefficient (Wildman–Crippen LogP) is 0.878. The van der Waals surface area contributed by atoms with Crippen LogP contribution < -0.4 is 0 Å². The minimum Gasteiger partial charge on any atom is -0.480 e. The number of aliphatic carboxylic acids is 3. The van der Waals surface area contributed by atoms with Crippen LogP contribution in [-0.2, 0) is 14.4 Å². The van der Waals surface area contributed by atoms with Crippen molar-refractivity contribution in [2.45, 2.75) is 58.2 Å². The van der Waals surface area contributed by atoms with Gasteiger partial charge in [0.15, 0.2) is 0 Å². The quantitative estimate of drug-likeness (QED) is 0.659. The van der Waals surface area contributed by atoms with Gasteiger partial charge in [-0.25, -0.2) is 0 Å². The van der Waals surface area contributed by atoms with Gasteiger partial charge in [0.2, 0.25) is 0 Å². The Labute approximate surface area is 111 Å². The molecule has 0 spiro atoms. The molecule has 0 aliphatic rings. The Morgan fingerprint density at radius 2 is 0.789 bits per heavy atom. The van der Waals surface area contributed by atoms with Gasteiger partial charge in [0.25, 0.3) is 0 Å². The van der Waals surface area contributed by atoms with Crippen molar-refractivity contribution in [2.24, 2.45) is 0 Å².